The predicted octanol–water partition coefficient (Wildman–Crippen LogP) is 1.23. The van der Waals surface area contributed by atoms with Gasteiger partial charge in [-0.05, 0) is 37.5 Å². The molecule has 0 saturated carbocycles. The highest BCUT2D eigenvalue weighted by molar-refractivity contribution is 5.82. The largest absolute Gasteiger partial charge is 0.479 e. The molecule has 1 aliphatic rings. The molecule has 3 atom stereocenters. The van der Waals surface area contributed by atoms with Crippen molar-refractivity contribution in [3.05, 3.63) is 30.1 Å². The van der Waals surface area contributed by atoms with E-state index in [1.165, 1.54) is 0 Å². The molecule has 108 valence electrons. The molecule has 6 nitrogen and oxygen atoms in total. The highest BCUT2D eigenvalue weighted by Crippen LogP contribution is 2.25. The molecule has 0 aromatic carbocycles. The summed E-state index contributed by atoms with van der Waals surface area (Å²) < 4.78 is 5.29. The second-order valence-electron chi connectivity index (χ2n) is 4.93. The predicted molar refractivity (Wildman–Crippen MR) is 71.0 cm³/mol. The molecule has 0 aliphatic carbocycles. The van der Waals surface area contributed by atoms with Gasteiger partial charge in [0.25, 0.3) is 5.91 Å². The number of rotatable bonds is 4. The molecule has 1 aromatic rings. The maximum atomic E-state index is 12.3. The third-order valence-corrected chi connectivity index (χ3v) is 3.69. The van der Waals surface area contributed by atoms with Gasteiger partial charge in [-0.3, -0.25) is 9.78 Å². The number of ether oxygens (including phenoxy) is 1. The number of carbonyl (C=O) groups excluding carboxylic acids is 1. The van der Waals surface area contributed by atoms with Gasteiger partial charge in [0.2, 0.25) is 0 Å². The monoisotopic (exact) mass is 278 g/mol. The number of carboxylic acids is 1. The molecule has 1 amide bonds. The summed E-state index contributed by atoms with van der Waals surface area (Å²) in [4.78, 5) is 28.7. The second kappa shape index (κ2) is 6.00. The molecule has 0 bridgehead atoms. The number of pyridine rings is 1. The lowest BCUT2D eigenvalue weighted by Crippen LogP contribution is -2.38. The van der Waals surface area contributed by atoms with E-state index in [0.717, 1.165) is 5.56 Å². The molecule has 2 rings (SSSR count). The molecular formula is C14H18N2O4. The molecule has 6 heteroatoms. The average Bonchev–Trinajstić information content (AvgIpc) is 2.96. The maximum absolute atomic E-state index is 12.3. The van der Waals surface area contributed by atoms with Gasteiger partial charge in [-0.25, -0.2) is 4.79 Å². The minimum absolute atomic E-state index is 0.113. The van der Waals surface area contributed by atoms with Gasteiger partial charge in [-0.2, -0.15) is 0 Å². The summed E-state index contributed by atoms with van der Waals surface area (Å²) in [5.41, 5.74) is 0.976. The van der Waals surface area contributed by atoms with Gasteiger partial charge in [-0.1, -0.05) is 0 Å². The van der Waals surface area contributed by atoms with E-state index in [4.69, 9.17) is 9.84 Å². The number of aliphatic carboxylic acids is 1. The van der Waals surface area contributed by atoms with Crippen LogP contribution in [0.2, 0.25) is 0 Å². The topological polar surface area (TPSA) is 79.7 Å². The fourth-order valence-electron chi connectivity index (χ4n) is 2.28. The quantitative estimate of drug-likeness (QED) is 0.896. The van der Waals surface area contributed by atoms with Crippen molar-refractivity contribution < 1.29 is 19.4 Å². The molecule has 1 N–H and O–H groups in total. The number of carboxylic acid groups (broad SMARTS) is 1. The van der Waals surface area contributed by atoms with Crippen LogP contribution in [0, 0.1) is 0 Å². The Morgan fingerprint density at radius 3 is 2.50 bits per heavy atom. The molecule has 1 aromatic heterocycles. The zero-order chi connectivity index (χ0) is 14.7. The van der Waals surface area contributed by atoms with Crippen LogP contribution in [0.3, 0.4) is 0 Å². The lowest BCUT2D eigenvalue weighted by Gasteiger charge is -2.27. The van der Waals surface area contributed by atoms with Gasteiger partial charge in [0.05, 0.1) is 6.04 Å². The summed E-state index contributed by atoms with van der Waals surface area (Å²) in [5.74, 6) is -1.19. The maximum Gasteiger partial charge on any atom is 0.332 e. The van der Waals surface area contributed by atoms with Crippen LogP contribution >= 0.6 is 0 Å². The zero-order valence-electron chi connectivity index (χ0n) is 11.5. The molecule has 0 unspecified atom stereocenters. The lowest BCUT2D eigenvalue weighted by atomic mass is 10.1. The summed E-state index contributed by atoms with van der Waals surface area (Å²) in [6.07, 6.45) is 2.65. The SMILES string of the molecule is C[C@@H](c1ccncc1)N(C)C(=O)[C@@H]1CC[C@H](C(=O)O)O1. The van der Waals surface area contributed by atoms with Crippen LogP contribution in [-0.4, -0.2) is 46.1 Å². The summed E-state index contributed by atoms with van der Waals surface area (Å²) in [6.45, 7) is 1.91. The first kappa shape index (κ1) is 14.5. The van der Waals surface area contributed by atoms with E-state index in [-0.39, 0.29) is 11.9 Å². The van der Waals surface area contributed by atoms with Gasteiger partial charge >= 0.3 is 5.97 Å². The van der Waals surface area contributed by atoms with Gasteiger partial charge in [0.15, 0.2) is 6.10 Å². The molecule has 0 spiro atoms. The Balaban J connectivity index is 2.01. The Labute approximate surface area is 117 Å². The number of hydrogen-bond donors (Lipinski definition) is 1. The van der Waals surface area contributed by atoms with Crippen molar-refractivity contribution in [2.24, 2.45) is 0 Å². The summed E-state index contributed by atoms with van der Waals surface area (Å²) in [5, 5.41) is 8.88. The van der Waals surface area contributed by atoms with Crippen molar-refractivity contribution in [3.8, 4) is 0 Å². The summed E-state index contributed by atoms with van der Waals surface area (Å²) in [7, 11) is 1.70. The van der Waals surface area contributed by atoms with Crippen molar-refractivity contribution in [2.75, 3.05) is 7.05 Å². The summed E-state index contributed by atoms with van der Waals surface area (Å²) >= 11 is 0. The molecular weight excluding hydrogens is 260 g/mol. The Kier molecular flexibility index (Phi) is 4.34. The number of hydrogen-bond acceptors (Lipinski definition) is 4. The van der Waals surface area contributed by atoms with Crippen molar-refractivity contribution in [3.63, 3.8) is 0 Å². The first-order valence-corrected chi connectivity index (χ1v) is 6.55. The van der Waals surface area contributed by atoms with Crippen LogP contribution in [0.15, 0.2) is 24.5 Å². The van der Waals surface area contributed by atoms with Crippen LogP contribution in [0.1, 0.15) is 31.4 Å². The molecule has 1 saturated heterocycles. The number of likely N-dealkylation sites (N-methyl/N-ethyl adjacent to an activating group) is 1. The van der Waals surface area contributed by atoms with E-state index >= 15 is 0 Å². The fraction of sp³-hybridized carbons (Fsp3) is 0.500. The van der Waals surface area contributed by atoms with Gasteiger partial charge < -0.3 is 14.7 Å². The minimum atomic E-state index is -1.01. The minimum Gasteiger partial charge on any atom is -0.479 e. The first-order chi connectivity index (χ1) is 9.50. The molecule has 1 aliphatic heterocycles. The van der Waals surface area contributed by atoms with E-state index in [2.05, 4.69) is 4.98 Å². The third kappa shape index (κ3) is 2.96. The first-order valence-electron chi connectivity index (χ1n) is 6.55. The molecule has 0 radical (unpaired) electrons. The molecule has 1 fully saturated rings. The van der Waals surface area contributed by atoms with Crippen molar-refractivity contribution in [1.29, 1.82) is 0 Å². The van der Waals surface area contributed by atoms with Crippen LogP contribution < -0.4 is 0 Å². The lowest BCUT2D eigenvalue weighted by molar-refractivity contribution is -0.155. The highest BCUT2D eigenvalue weighted by Gasteiger charge is 2.37. The number of aromatic nitrogens is 1. The number of carbonyl (C=O) groups is 2. The second-order valence-corrected chi connectivity index (χ2v) is 4.93. The fourth-order valence-corrected chi connectivity index (χ4v) is 2.28. The Morgan fingerprint density at radius 1 is 1.35 bits per heavy atom. The average molecular weight is 278 g/mol. The smallest absolute Gasteiger partial charge is 0.332 e. The van der Waals surface area contributed by atoms with E-state index in [1.807, 2.05) is 19.1 Å². The van der Waals surface area contributed by atoms with Gasteiger partial charge in [-0.15, -0.1) is 0 Å². The van der Waals surface area contributed by atoms with Crippen LogP contribution in [0.5, 0.6) is 0 Å². The highest BCUT2D eigenvalue weighted by atomic mass is 16.5. The van der Waals surface area contributed by atoms with E-state index in [9.17, 15) is 9.59 Å². The number of nitrogens with zero attached hydrogens (tertiary/aromatic N) is 2. The number of amides is 1. The van der Waals surface area contributed by atoms with Crippen LogP contribution in [0.25, 0.3) is 0 Å². The van der Waals surface area contributed by atoms with E-state index in [1.54, 1.807) is 24.3 Å². The zero-order valence-corrected chi connectivity index (χ0v) is 11.5. The Morgan fingerprint density at radius 2 is 1.95 bits per heavy atom. The van der Waals surface area contributed by atoms with E-state index < -0.39 is 18.2 Å². The van der Waals surface area contributed by atoms with Crippen molar-refractivity contribution in [1.82, 2.24) is 9.88 Å². The standard InChI is InChI=1S/C14H18N2O4/c1-9(10-5-7-15-8-6-10)16(2)13(17)11-3-4-12(20-11)14(18)19/h5-9,11-12H,3-4H2,1-2H3,(H,18,19)/t9-,11-,12+/m0/s1. The third-order valence-electron chi connectivity index (χ3n) is 3.69. The van der Waals surface area contributed by atoms with Gasteiger partial charge in [0.1, 0.15) is 6.10 Å². The Hall–Kier alpha value is -1.95. The van der Waals surface area contributed by atoms with Crippen molar-refractivity contribution in [2.45, 2.75) is 38.0 Å². The summed E-state index contributed by atoms with van der Waals surface area (Å²) in [6, 6.07) is 3.59. The van der Waals surface area contributed by atoms with Gasteiger partial charge in [0, 0.05) is 19.4 Å². The van der Waals surface area contributed by atoms with E-state index in [0.29, 0.717) is 12.8 Å². The van der Waals surface area contributed by atoms with Crippen LogP contribution in [-0.2, 0) is 14.3 Å². The molecule has 2 heterocycles. The molecule has 20 heavy (non-hydrogen) atoms. The van der Waals surface area contributed by atoms with Crippen LogP contribution in [0.4, 0.5) is 0 Å². The Bertz CT molecular complexity index is 491. The normalized spacial score (nSPS) is 23.3. The van der Waals surface area contributed by atoms with Crippen molar-refractivity contribution >= 4 is 11.9 Å².